The Labute approximate surface area is 126 Å². The van der Waals surface area contributed by atoms with Crippen LogP contribution in [0.15, 0.2) is 0 Å². The van der Waals surface area contributed by atoms with Crippen LogP contribution in [-0.4, -0.2) is 85.9 Å². The van der Waals surface area contributed by atoms with Gasteiger partial charge in [-0.3, -0.25) is 0 Å². The van der Waals surface area contributed by atoms with E-state index in [-0.39, 0.29) is 12.1 Å². The number of carbonyl (C=O) groups is 2. The standard InChI is InChI=1S/C14H27N3O4/c1-14(2,3)21-13(19)17-8-6-16(7-9-17)12(18)15(4)10-11-20-5/h6-11H2,1-5H3. The van der Waals surface area contributed by atoms with E-state index in [1.165, 1.54) is 0 Å². The molecule has 0 atom stereocenters. The van der Waals surface area contributed by atoms with Gasteiger partial charge in [0.1, 0.15) is 5.60 Å². The maximum Gasteiger partial charge on any atom is 0.410 e. The zero-order valence-electron chi connectivity index (χ0n) is 13.7. The second-order valence-electron chi connectivity index (χ2n) is 6.15. The van der Waals surface area contributed by atoms with Gasteiger partial charge in [-0.25, -0.2) is 9.59 Å². The molecule has 0 radical (unpaired) electrons. The van der Waals surface area contributed by atoms with Crippen molar-refractivity contribution in [2.75, 3.05) is 53.5 Å². The Balaban J connectivity index is 2.41. The predicted octanol–water partition coefficient (Wildman–Crippen LogP) is 1.24. The Morgan fingerprint density at radius 3 is 2.10 bits per heavy atom. The van der Waals surface area contributed by atoms with E-state index in [0.29, 0.717) is 39.3 Å². The van der Waals surface area contributed by atoms with E-state index in [9.17, 15) is 9.59 Å². The molecule has 1 heterocycles. The molecule has 21 heavy (non-hydrogen) atoms. The number of hydrogen-bond donors (Lipinski definition) is 0. The lowest BCUT2D eigenvalue weighted by Crippen LogP contribution is -2.54. The number of rotatable bonds is 3. The van der Waals surface area contributed by atoms with E-state index in [2.05, 4.69) is 0 Å². The van der Waals surface area contributed by atoms with Crippen LogP contribution in [-0.2, 0) is 9.47 Å². The van der Waals surface area contributed by atoms with Gasteiger partial charge in [0.15, 0.2) is 0 Å². The molecule has 7 heteroatoms. The number of carbonyl (C=O) groups excluding carboxylic acids is 2. The molecule has 0 aromatic rings. The number of ether oxygens (including phenoxy) is 2. The molecule has 3 amide bonds. The highest BCUT2D eigenvalue weighted by Gasteiger charge is 2.28. The van der Waals surface area contributed by atoms with Crippen LogP contribution < -0.4 is 0 Å². The summed E-state index contributed by atoms with van der Waals surface area (Å²) in [6.45, 7) is 8.64. The fourth-order valence-corrected chi connectivity index (χ4v) is 1.97. The molecule has 0 N–H and O–H groups in total. The van der Waals surface area contributed by atoms with Crippen molar-refractivity contribution >= 4 is 12.1 Å². The van der Waals surface area contributed by atoms with Crippen molar-refractivity contribution < 1.29 is 19.1 Å². The van der Waals surface area contributed by atoms with Gasteiger partial charge in [-0.05, 0) is 20.8 Å². The lowest BCUT2D eigenvalue weighted by Gasteiger charge is -2.37. The minimum Gasteiger partial charge on any atom is -0.444 e. The normalized spacial score (nSPS) is 15.9. The van der Waals surface area contributed by atoms with Gasteiger partial charge in [0.2, 0.25) is 0 Å². The first-order valence-corrected chi connectivity index (χ1v) is 7.21. The first-order chi connectivity index (χ1) is 9.74. The lowest BCUT2D eigenvalue weighted by atomic mass is 10.2. The predicted molar refractivity (Wildman–Crippen MR) is 79.3 cm³/mol. The number of likely N-dealkylation sites (N-methyl/N-ethyl adjacent to an activating group) is 1. The third kappa shape index (κ3) is 5.79. The molecule has 1 fully saturated rings. The summed E-state index contributed by atoms with van der Waals surface area (Å²) in [6, 6.07) is -0.0316. The highest BCUT2D eigenvalue weighted by atomic mass is 16.6. The highest BCUT2D eigenvalue weighted by molar-refractivity contribution is 5.75. The van der Waals surface area contributed by atoms with Crippen molar-refractivity contribution in [1.29, 1.82) is 0 Å². The molecule has 0 unspecified atom stereocenters. The second-order valence-corrected chi connectivity index (χ2v) is 6.15. The molecule has 0 aromatic carbocycles. The summed E-state index contributed by atoms with van der Waals surface area (Å²) in [4.78, 5) is 29.1. The van der Waals surface area contributed by atoms with Gasteiger partial charge in [0.05, 0.1) is 6.61 Å². The molecule has 1 aliphatic heterocycles. The van der Waals surface area contributed by atoms with Gasteiger partial charge in [-0.1, -0.05) is 0 Å². The molecular formula is C14H27N3O4. The van der Waals surface area contributed by atoms with Gasteiger partial charge in [-0.2, -0.15) is 0 Å². The molecule has 1 rings (SSSR count). The fraction of sp³-hybridized carbons (Fsp3) is 0.857. The monoisotopic (exact) mass is 301 g/mol. The molecule has 122 valence electrons. The Morgan fingerprint density at radius 2 is 1.62 bits per heavy atom. The Kier molecular flexibility index (Phi) is 6.26. The fourth-order valence-electron chi connectivity index (χ4n) is 1.97. The molecule has 1 aliphatic rings. The summed E-state index contributed by atoms with van der Waals surface area (Å²) >= 11 is 0. The maximum atomic E-state index is 12.2. The van der Waals surface area contributed by atoms with Gasteiger partial charge in [0.25, 0.3) is 0 Å². The van der Waals surface area contributed by atoms with Gasteiger partial charge < -0.3 is 24.2 Å². The first kappa shape index (κ1) is 17.6. The quantitative estimate of drug-likeness (QED) is 0.787. The molecule has 1 saturated heterocycles. The Morgan fingerprint density at radius 1 is 1.10 bits per heavy atom. The van der Waals surface area contributed by atoms with Gasteiger partial charge in [0, 0.05) is 46.9 Å². The van der Waals surface area contributed by atoms with E-state index in [4.69, 9.17) is 9.47 Å². The molecule has 0 spiro atoms. The van der Waals surface area contributed by atoms with Crippen molar-refractivity contribution in [3.63, 3.8) is 0 Å². The third-order valence-corrected chi connectivity index (χ3v) is 3.16. The summed E-state index contributed by atoms with van der Waals surface area (Å²) in [7, 11) is 3.36. The van der Waals surface area contributed by atoms with Crippen molar-refractivity contribution in [1.82, 2.24) is 14.7 Å². The van der Waals surface area contributed by atoms with Crippen molar-refractivity contribution in [2.24, 2.45) is 0 Å². The molecule has 7 nitrogen and oxygen atoms in total. The van der Waals surface area contributed by atoms with Crippen molar-refractivity contribution in [2.45, 2.75) is 26.4 Å². The van der Waals surface area contributed by atoms with Crippen molar-refractivity contribution in [3.8, 4) is 0 Å². The van der Waals surface area contributed by atoms with Crippen LogP contribution in [0.2, 0.25) is 0 Å². The Bertz CT molecular complexity index is 360. The van der Waals surface area contributed by atoms with Crippen LogP contribution in [0.25, 0.3) is 0 Å². The van der Waals surface area contributed by atoms with Crippen LogP contribution >= 0.6 is 0 Å². The smallest absolute Gasteiger partial charge is 0.410 e. The van der Waals surface area contributed by atoms with E-state index < -0.39 is 5.60 Å². The van der Waals surface area contributed by atoms with Gasteiger partial charge >= 0.3 is 12.1 Å². The lowest BCUT2D eigenvalue weighted by molar-refractivity contribution is 0.0158. The molecule has 0 bridgehead atoms. The van der Waals surface area contributed by atoms with Crippen LogP contribution in [0.1, 0.15) is 20.8 Å². The zero-order chi connectivity index (χ0) is 16.0. The largest absolute Gasteiger partial charge is 0.444 e. The zero-order valence-corrected chi connectivity index (χ0v) is 13.7. The van der Waals surface area contributed by atoms with Crippen LogP contribution in [0.3, 0.4) is 0 Å². The topological polar surface area (TPSA) is 62.3 Å². The molecule has 0 aromatic heterocycles. The summed E-state index contributed by atoms with van der Waals surface area (Å²) in [5.41, 5.74) is -0.496. The van der Waals surface area contributed by atoms with E-state index >= 15 is 0 Å². The number of piperazine rings is 1. The minimum atomic E-state index is -0.496. The molecule has 0 saturated carbocycles. The SMILES string of the molecule is COCCN(C)C(=O)N1CCN(C(=O)OC(C)(C)C)CC1. The number of amides is 3. The van der Waals surface area contributed by atoms with Crippen LogP contribution in [0, 0.1) is 0 Å². The number of hydrogen-bond acceptors (Lipinski definition) is 4. The second kappa shape index (κ2) is 7.49. The van der Waals surface area contributed by atoms with Crippen molar-refractivity contribution in [3.05, 3.63) is 0 Å². The molecular weight excluding hydrogens is 274 g/mol. The average molecular weight is 301 g/mol. The van der Waals surface area contributed by atoms with E-state index in [1.54, 1.807) is 28.9 Å². The van der Waals surface area contributed by atoms with E-state index in [1.807, 2.05) is 20.8 Å². The minimum absolute atomic E-state index is 0.0316. The third-order valence-electron chi connectivity index (χ3n) is 3.16. The summed E-state index contributed by atoms with van der Waals surface area (Å²) in [5, 5.41) is 0. The summed E-state index contributed by atoms with van der Waals surface area (Å²) in [5.74, 6) is 0. The molecule has 0 aliphatic carbocycles. The highest BCUT2D eigenvalue weighted by Crippen LogP contribution is 2.12. The van der Waals surface area contributed by atoms with E-state index in [0.717, 1.165) is 0 Å². The summed E-state index contributed by atoms with van der Waals surface area (Å²) in [6.07, 6.45) is -0.317. The number of urea groups is 1. The Hall–Kier alpha value is -1.50. The summed E-state index contributed by atoms with van der Waals surface area (Å²) < 4.78 is 10.3. The number of methoxy groups -OCH3 is 1. The van der Waals surface area contributed by atoms with Crippen LogP contribution in [0.4, 0.5) is 9.59 Å². The number of nitrogens with zero attached hydrogens (tertiary/aromatic N) is 3. The maximum absolute atomic E-state index is 12.2. The van der Waals surface area contributed by atoms with Crippen LogP contribution in [0.5, 0.6) is 0 Å². The first-order valence-electron chi connectivity index (χ1n) is 7.21. The average Bonchev–Trinajstić information content (AvgIpc) is 2.42. The van der Waals surface area contributed by atoms with Gasteiger partial charge in [-0.15, -0.1) is 0 Å².